The molecule has 0 aromatic heterocycles. The first-order chi connectivity index (χ1) is 11.6. The SMILES string of the molecule is C=CCOCC(COC(=O)/C=C/C=C/c1ccccc1)OC(C)=O. The summed E-state index contributed by atoms with van der Waals surface area (Å²) in [6, 6.07) is 9.70. The van der Waals surface area contributed by atoms with Crippen LogP contribution in [0, 0.1) is 0 Å². The average Bonchev–Trinajstić information content (AvgIpc) is 2.57. The second kappa shape index (κ2) is 11.8. The Balaban J connectivity index is 2.38. The van der Waals surface area contributed by atoms with Crippen LogP contribution in [0.4, 0.5) is 0 Å². The maximum Gasteiger partial charge on any atom is 0.330 e. The predicted molar refractivity (Wildman–Crippen MR) is 92.1 cm³/mol. The van der Waals surface area contributed by atoms with E-state index < -0.39 is 18.0 Å². The van der Waals surface area contributed by atoms with E-state index in [9.17, 15) is 9.59 Å². The van der Waals surface area contributed by atoms with E-state index in [4.69, 9.17) is 14.2 Å². The maximum atomic E-state index is 11.6. The molecule has 0 heterocycles. The number of hydrogen-bond acceptors (Lipinski definition) is 5. The van der Waals surface area contributed by atoms with Crippen molar-refractivity contribution in [1.29, 1.82) is 0 Å². The smallest absolute Gasteiger partial charge is 0.330 e. The molecule has 24 heavy (non-hydrogen) atoms. The van der Waals surface area contributed by atoms with E-state index in [1.165, 1.54) is 13.0 Å². The minimum absolute atomic E-state index is 0.0672. The van der Waals surface area contributed by atoms with Gasteiger partial charge in [-0.05, 0) is 5.56 Å². The number of ether oxygens (including phenoxy) is 3. The normalized spacial score (nSPS) is 12.2. The van der Waals surface area contributed by atoms with Gasteiger partial charge in [-0.2, -0.15) is 0 Å². The van der Waals surface area contributed by atoms with E-state index in [0.717, 1.165) is 5.56 Å². The van der Waals surface area contributed by atoms with Crippen LogP contribution in [0.5, 0.6) is 0 Å². The van der Waals surface area contributed by atoms with Crippen LogP contribution in [-0.4, -0.2) is 37.9 Å². The number of benzene rings is 1. The highest BCUT2D eigenvalue weighted by Gasteiger charge is 2.14. The van der Waals surface area contributed by atoms with Gasteiger partial charge in [0, 0.05) is 13.0 Å². The third-order valence-electron chi connectivity index (χ3n) is 2.72. The highest BCUT2D eigenvalue weighted by Crippen LogP contribution is 2.01. The summed E-state index contributed by atoms with van der Waals surface area (Å²) in [5.74, 6) is -0.979. The highest BCUT2D eigenvalue weighted by molar-refractivity contribution is 5.82. The van der Waals surface area contributed by atoms with Crippen molar-refractivity contribution in [3.05, 3.63) is 66.8 Å². The van der Waals surface area contributed by atoms with Crippen molar-refractivity contribution in [1.82, 2.24) is 0 Å². The molecular formula is C19H22O5. The summed E-state index contributed by atoms with van der Waals surface area (Å²) in [4.78, 5) is 22.6. The topological polar surface area (TPSA) is 61.8 Å². The van der Waals surface area contributed by atoms with Crippen LogP contribution < -0.4 is 0 Å². The average molecular weight is 330 g/mol. The molecule has 128 valence electrons. The van der Waals surface area contributed by atoms with Gasteiger partial charge in [0.1, 0.15) is 6.61 Å². The quantitative estimate of drug-likeness (QED) is 0.217. The molecule has 1 rings (SSSR count). The minimum atomic E-state index is -0.639. The second-order valence-electron chi connectivity index (χ2n) is 4.82. The fraction of sp³-hybridized carbons (Fsp3) is 0.263. The molecule has 0 spiro atoms. The number of hydrogen-bond donors (Lipinski definition) is 0. The maximum absolute atomic E-state index is 11.6. The Bertz CT molecular complexity index is 575. The van der Waals surface area contributed by atoms with Crippen molar-refractivity contribution in [2.45, 2.75) is 13.0 Å². The van der Waals surface area contributed by atoms with Crippen LogP contribution in [0.2, 0.25) is 0 Å². The number of carbonyl (C=O) groups excluding carboxylic acids is 2. The van der Waals surface area contributed by atoms with Crippen molar-refractivity contribution in [3.63, 3.8) is 0 Å². The highest BCUT2D eigenvalue weighted by atomic mass is 16.6. The van der Waals surface area contributed by atoms with E-state index in [1.807, 2.05) is 36.4 Å². The zero-order valence-electron chi connectivity index (χ0n) is 13.7. The van der Waals surface area contributed by atoms with Crippen molar-refractivity contribution >= 4 is 18.0 Å². The van der Waals surface area contributed by atoms with E-state index in [0.29, 0.717) is 6.61 Å². The van der Waals surface area contributed by atoms with Crippen LogP contribution in [0.25, 0.3) is 6.08 Å². The monoisotopic (exact) mass is 330 g/mol. The van der Waals surface area contributed by atoms with Crippen molar-refractivity contribution in [2.24, 2.45) is 0 Å². The summed E-state index contributed by atoms with van der Waals surface area (Å²) < 4.78 is 15.3. The molecule has 1 atom stereocenters. The zero-order chi connectivity index (χ0) is 17.6. The molecule has 1 aromatic carbocycles. The molecule has 0 radical (unpaired) electrons. The number of rotatable bonds is 10. The summed E-state index contributed by atoms with van der Waals surface area (Å²) in [6.45, 7) is 5.21. The minimum Gasteiger partial charge on any atom is -0.458 e. The predicted octanol–water partition coefficient (Wildman–Crippen LogP) is 2.93. The lowest BCUT2D eigenvalue weighted by Crippen LogP contribution is -2.28. The van der Waals surface area contributed by atoms with Crippen LogP contribution >= 0.6 is 0 Å². The molecule has 0 bridgehead atoms. The summed E-state index contributed by atoms with van der Waals surface area (Å²) in [5.41, 5.74) is 1.03. The fourth-order valence-electron chi connectivity index (χ4n) is 1.72. The first kappa shape index (κ1) is 19.4. The van der Waals surface area contributed by atoms with Gasteiger partial charge in [-0.3, -0.25) is 4.79 Å². The summed E-state index contributed by atoms with van der Waals surface area (Å²) in [6.07, 6.45) is 7.44. The third kappa shape index (κ3) is 9.38. The Morgan fingerprint density at radius 1 is 1.17 bits per heavy atom. The van der Waals surface area contributed by atoms with Crippen LogP contribution in [0.3, 0.4) is 0 Å². The summed E-state index contributed by atoms with van der Waals surface area (Å²) in [7, 11) is 0. The van der Waals surface area contributed by atoms with Crippen molar-refractivity contribution in [2.75, 3.05) is 19.8 Å². The summed E-state index contributed by atoms with van der Waals surface area (Å²) in [5, 5.41) is 0. The number of esters is 2. The van der Waals surface area contributed by atoms with E-state index in [-0.39, 0.29) is 13.2 Å². The Labute approximate surface area is 142 Å². The number of allylic oxidation sites excluding steroid dienone is 2. The first-order valence-corrected chi connectivity index (χ1v) is 7.54. The molecule has 0 aliphatic rings. The van der Waals surface area contributed by atoms with E-state index >= 15 is 0 Å². The molecular weight excluding hydrogens is 308 g/mol. The van der Waals surface area contributed by atoms with E-state index in [1.54, 1.807) is 18.2 Å². The molecule has 1 unspecified atom stereocenters. The van der Waals surface area contributed by atoms with Gasteiger partial charge in [0.05, 0.1) is 13.2 Å². The largest absolute Gasteiger partial charge is 0.458 e. The molecule has 0 saturated heterocycles. The molecule has 0 fully saturated rings. The fourth-order valence-corrected chi connectivity index (χ4v) is 1.72. The van der Waals surface area contributed by atoms with Gasteiger partial charge in [-0.1, -0.05) is 54.6 Å². The van der Waals surface area contributed by atoms with Gasteiger partial charge in [-0.15, -0.1) is 6.58 Å². The Morgan fingerprint density at radius 2 is 1.92 bits per heavy atom. The molecule has 0 aliphatic carbocycles. The standard InChI is InChI=1S/C19H22O5/c1-3-13-22-14-18(24-16(2)20)15-23-19(21)12-8-7-11-17-9-5-4-6-10-17/h3-12,18H,1,13-15H2,2H3/b11-7+,12-8+. The van der Waals surface area contributed by atoms with Crippen molar-refractivity contribution in [3.8, 4) is 0 Å². The lowest BCUT2D eigenvalue weighted by atomic mass is 10.2. The van der Waals surface area contributed by atoms with Gasteiger partial charge in [0.15, 0.2) is 6.10 Å². The Morgan fingerprint density at radius 3 is 2.58 bits per heavy atom. The van der Waals surface area contributed by atoms with Gasteiger partial charge in [0.2, 0.25) is 0 Å². The van der Waals surface area contributed by atoms with Gasteiger partial charge in [0.25, 0.3) is 0 Å². The molecule has 0 amide bonds. The van der Waals surface area contributed by atoms with E-state index in [2.05, 4.69) is 6.58 Å². The third-order valence-corrected chi connectivity index (χ3v) is 2.72. The summed E-state index contributed by atoms with van der Waals surface area (Å²) >= 11 is 0. The second-order valence-corrected chi connectivity index (χ2v) is 4.82. The lowest BCUT2D eigenvalue weighted by molar-refractivity contribution is -0.158. The lowest BCUT2D eigenvalue weighted by Gasteiger charge is -2.16. The van der Waals surface area contributed by atoms with Gasteiger partial charge < -0.3 is 14.2 Å². The van der Waals surface area contributed by atoms with Crippen LogP contribution in [0.15, 0.2) is 61.2 Å². The molecule has 5 nitrogen and oxygen atoms in total. The molecule has 0 N–H and O–H groups in total. The molecule has 0 aliphatic heterocycles. The Kier molecular flexibility index (Phi) is 9.57. The van der Waals surface area contributed by atoms with Crippen molar-refractivity contribution < 1.29 is 23.8 Å². The first-order valence-electron chi connectivity index (χ1n) is 7.54. The van der Waals surface area contributed by atoms with Gasteiger partial charge >= 0.3 is 11.9 Å². The Hall–Kier alpha value is -2.66. The van der Waals surface area contributed by atoms with Crippen LogP contribution in [-0.2, 0) is 23.8 Å². The number of carbonyl (C=O) groups is 2. The molecule has 1 aromatic rings. The van der Waals surface area contributed by atoms with Gasteiger partial charge in [-0.25, -0.2) is 4.79 Å². The molecule has 0 saturated carbocycles. The zero-order valence-corrected chi connectivity index (χ0v) is 13.7. The molecule has 5 heteroatoms. The van der Waals surface area contributed by atoms with Crippen LogP contribution in [0.1, 0.15) is 12.5 Å².